The minimum absolute atomic E-state index is 0.802. The molecule has 1 aromatic rings. The summed E-state index contributed by atoms with van der Waals surface area (Å²) in [5, 5.41) is 3.58. The van der Waals surface area contributed by atoms with Crippen molar-refractivity contribution >= 4 is 0 Å². The molecule has 0 bridgehead atoms. The van der Waals surface area contributed by atoms with Gasteiger partial charge in [0, 0.05) is 12.1 Å². The molecule has 0 radical (unpaired) electrons. The summed E-state index contributed by atoms with van der Waals surface area (Å²) < 4.78 is 5.41. The fraction of sp³-hybridized carbons (Fsp3) is 0.647. The molecule has 0 saturated heterocycles. The first kappa shape index (κ1) is 16.0. The summed E-state index contributed by atoms with van der Waals surface area (Å²) >= 11 is 0. The quantitative estimate of drug-likeness (QED) is 0.717. The van der Waals surface area contributed by atoms with Crippen molar-refractivity contribution in [2.75, 3.05) is 13.7 Å². The predicted octanol–water partition coefficient (Wildman–Crippen LogP) is 4.31. The lowest BCUT2D eigenvalue weighted by molar-refractivity contribution is 0.398. The average molecular weight is 263 g/mol. The Hall–Kier alpha value is -1.02. The smallest absolute Gasteiger partial charge is 0.123 e. The van der Waals surface area contributed by atoms with Gasteiger partial charge in [0.15, 0.2) is 0 Å². The van der Waals surface area contributed by atoms with Crippen LogP contribution in [0, 0.1) is 12.8 Å². The van der Waals surface area contributed by atoms with Crippen LogP contribution in [0.4, 0.5) is 0 Å². The molecule has 1 unspecified atom stereocenters. The summed E-state index contributed by atoms with van der Waals surface area (Å²) in [6.45, 7) is 8.67. The zero-order valence-electron chi connectivity index (χ0n) is 13.0. The van der Waals surface area contributed by atoms with Crippen LogP contribution in [0.1, 0.15) is 50.7 Å². The lowest BCUT2D eigenvalue weighted by atomic mass is 9.99. The van der Waals surface area contributed by atoms with E-state index in [4.69, 9.17) is 4.74 Å². The normalized spacial score (nSPS) is 12.4. The highest BCUT2D eigenvalue weighted by atomic mass is 16.5. The molecule has 2 heteroatoms. The lowest BCUT2D eigenvalue weighted by Gasteiger charge is -2.16. The first-order valence-electron chi connectivity index (χ1n) is 7.55. The van der Waals surface area contributed by atoms with Crippen molar-refractivity contribution in [1.82, 2.24) is 5.32 Å². The number of unbranched alkanes of at least 4 members (excludes halogenated alkanes) is 1. The zero-order chi connectivity index (χ0) is 14.1. The third kappa shape index (κ3) is 5.65. The molecule has 0 spiro atoms. The second kappa shape index (κ2) is 8.98. The van der Waals surface area contributed by atoms with Crippen LogP contribution < -0.4 is 10.1 Å². The van der Waals surface area contributed by atoms with Crippen molar-refractivity contribution in [2.24, 2.45) is 5.92 Å². The molecule has 0 saturated carbocycles. The molecule has 0 aliphatic heterocycles. The van der Waals surface area contributed by atoms with Gasteiger partial charge in [-0.05, 0) is 31.9 Å². The third-order valence-corrected chi connectivity index (χ3v) is 3.73. The lowest BCUT2D eigenvalue weighted by Crippen LogP contribution is -2.22. The first-order chi connectivity index (χ1) is 9.21. The second-order valence-corrected chi connectivity index (χ2v) is 5.36. The minimum atomic E-state index is 0.802. The summed E-state index contributed by atoms with van der Waals surface area (Å²) in [5.74, 6) is 1.79. The van der Waals surface area contributed by atoms with Gasteiger partial charge >= 0.3 is 0 Å². The maximum atomic E-state index is 5.41. The maximum Gasteiger partial charge on any atom is 0.123 e. The number of hydrogen-bond acceptors (Lipinski definition) is 2. The van der Waals surface area contributed by atoms with Crippen LogP contribution in [0.5, 0.6) is 5.75 Å². The molecule has 0 heterocycles. The van der Waals surface area contributed by atoms with E-state index in [1.54, 1.807) is 7.11 Å². The highest BCUT2D eigenvalue weighted by Gasteiger charge is 2.07. The largest absolute Gasteiger partial charge is 0.496 e. The van der Waals surface area contributed by atoms with E-state index in [2.05, 4.69) is 44.3 Å². The second-order valence-electron chi connectivity index (χ2n) is 5.36. The van der Waals surface area contributed by atoms with E-state index in [-0.39, 0.29) is 0 Å². The molecule has 19 heavy (non-hydrogen) atoms. The molecule has 108 valence electrons. The maximum absolute atomic E-state index is 5.41. The number of ether oxygens (including phenoxy) is 1. The molecular weight excluding hydrogens is 234 g/mol. The van der Waals surface area contributed by atoms with Crippen molar-refractivity contribution in [3.05, 3.63) is 29.3 Å². The molecule has 1 rings (SSSR count). The van der Waals surface area contributed by atoms with Crippen LogP contribution in [0.25, 0.3) is 0 Å². The van der Waals surface area contributed by atoms with Gasteiger partial charge in [-0.1, -0.05) is 50.8 Å². The monoisotopic (exact) mass is 263 g/mol. The SMILES string of the molecule is CCCCC(CC)CNCc1cc(C)ccc1OC. The Morgan fingerprint density at radius 1 is 1.26 bits per heavy atom. The van der Waals surface area contributed by atoms with E-state index in [0.717, 1.165) is 24.8 Å². The summed E-state index contributed by atoms with van der Waals surface area (Å²) in [6, 6.07) is 6.36. The molecule has 0 aromatic heterocycles. The Morgan fingerprint density at radius 2 is 2.05 bits per heavy atom. The van der Waals surface area contributed by atoms with Gasteiger partial charge in [-0.2, -0.15) is 0 Å². The molecule has 1 aromatic carbocycles. The number of aryl methyl sites for hydroxylation is 1. The van der Waals surface area contributed by atoms with Gasteiger partial charge in [-0.15, -0.1) is 0 Å². The average Bonchev–Trinajstić information content (AvgIpc) is 2.43. The fourth-order valence-electron chi connectivity index (χ4n) is 2.40. The fourth-order valence-corrected chi connectivity index (χ4v) is 2.40. The van der Waals surface area contributed by atoms with Gasteiger partial charge in [0.05, 0.1) is 7.11 Å². The Labute approximate surface area is 118 Å². The van der Waals surface area contributed by atoms with E-state index in [1.807, 2.05) is 0 Å². The molecule has 1 atom stereocenters. The van der Waals surface area contributed by atoms with Crippen LogP contribution in [0.2, 0.25) is 0 Å². The number of nitrogens with one attached hydrogen (secondary N) is 1. The van der Waals surface area contributed by atoms with E-state index < -0.39 is 0 Å². The predicted molar refractivity (Wildman–Crippen MR) is 82.7 cm³/mol. The number of benzene rings is 1. The standard InChI is InChI=1S/C17H29NO/c1-5-7-8-15(6-2)12-18-13-16-11-14(3)9-10-17(16)19-4/h9-11,15,18H,5-8,12-13H2,1-4H3. The van der Waals surface area contributed by atoms with Crippen molar-refractivity contribution < 1.29 is 4.74 Å². The number of hydrogen-bond donors (Lipinski definition) is 1. The highest BCUT2D eigenvalue weighted by Crippen LogP contribution is 2.19. The summed E-state index contributed by atoms with van der Waals surface area (Å²) in [4.78, 5) is 0. The van der Waals surface area contributed by atoms with Crippen molar-refractivity contribution in [1.29, 1.82) is 0 Å². The molecular formula is C17H29NO. The van der Waals surface area contributed by atoms with E-state index >= 15 is 0 Å². The van der Waals surface area contributed by atoms with Gasteiger partial charge in [0.1, 0.15) is 5.75 Å². The van der Waals surface area contributed by atoms with Crippen LogP contribution in [-0.2, 0) is 6.54 Å². The summed E-state index contributed by atoms with van der Waals surface area (Å²) in [7, 11) is 1.74. The minimum Gasteiger partial charge on any atom is -0.496 e. The highest BCUT2D eigenvalue weighted by molar-refractivity contribution is 5.36. The Morgan fingerprint density at radius 3 is 2.68 bits per heavy atom. The first-order valence-corrected chi connectivity index (χ1v) is 7.55. The topological polar surface area (TPSA) is 21.3 Å². The van der Waals surface area contributed by atoms with E-state index in [0.29, 0.717) is 0 Å². The molecule has 0 amide bonds. The summed E-state index contributed by atoms with van der Waals surface area (Å²) in [6.07, 6.45) is 5.24. The van der Waals surface area contributed by atoms with Crippen LogP contribution in [-0.4, -0.2) is 13.7 Å². The van der Waals surface area contributed by atoms with Gasteiger partial charge in [0.25, 0.3) is 0 Å². The van der Waals surface area contributed by atoms with Crippen LogP contribution in [0.15, 0.2) is 18.2 Å². The molecule has 0 aliphatic rings. The van der Waals surface area contributed by atoms with Gasteiger partial charge in [-0.3, -0.25) is 0 Å². The summed E-state index contributed by atoms with van der Waals surface area (Å²) in [5.41, 5.74) is 2.54. The molecule has 0 aliphatic carbocycles. The van der Waals surface area contributed by atoms with Gasteiger partial charge < -0.3 is 10.1 Å². The van der Waals surface area contributed by atoms with E-state index in [9.17, 15) is 0 Å². The Kier molecular flexibility index (Phi) is 7.57. The third-order valence-electron chi connectivity index (χ3n) is 3.73. The van der Waals surface area contributed by atoms with Gasteiger partial charge in [-0.25, -0.2) is 0 Å². The zero-order valence-corrected chi connectivity index (χ0v) is 13.0. The van der Waals surface area contributed by atoms with Gasteiger partial charge in [0.2, 0.25) is 0 Å². The van der Waals surface area contributed by atoms with E-state index in [1.165, 1.54) is 36.8 Å². The molecule has 2 nitrogen and oxygen atoms in total. The van der Waals surface area contributed by atoms with Crippen molar-refractivity contribution in [2.45, 2.75) is 53.0 Å². The number of rotatable bonds is 9. The van der Waals surface area contributed by atoms with Crippen LogP contribution >= 0.6 is 0 Å². The van der Waals surface area contributed by atoms with Crippen molar-refractivity contribution in [3.63, 3.8) is 0 Å². The Bertz CT molecular complexity index is 362. The Balaban J connectivity index is 2.45. The van der Waals surface area contributed by atoms with Crippen molar-refractivity contribution in [3.8, 4) is 5.75 Å². The molecule has 1 N–H and O–H groups in total. The molecule has 0 fully saturated rings. The van der Waals surface area contributed by atoms with Crippen LogP contribution in [0.3, 0.4) is 0 Å². The number of methoxy groups -OCH3 is 1.